The number of nitrogens with zero attached hydrogens (tertiary/aromatic N) is 4. The zero-order valence-electron chi connectivity index (χ0n) is 10.9. The van der Waals surface area contributed by atoms with Crippen LogP contribution in [0.25, 0.3) is 0 Å². The number of anilines is 1. The van der Waals surface area contributed by atoms with Gasteiger partial charge in [0.2, 0.25) is 0 Å². The molecule has 0 amide bonds. The molecule has 0 saturated carbocycles. The Hall–Kier alpha value is -2.13. The fraction of sp³-hybridized carbons (Fsp3) is 0.462. The maximum atomic E-state index is 10.7. The highest BCUT2D eigenvalue weighted by atomic mass is 16.6. The Balaban J connectivity index is 2.29. The summed E-state index contributed by atoms with van der Waals surface area (Å²) in [5.41, 5.74) is 1.13. The van der Waals surface area contributed by atoms with Crippen LogP contribution in [0, 0.1) is 21.4 Å². The molecule has 1 fully saturated rings. The topological polar surface area (TPSA) is 73.4 Å². The molecule has 0 unspecified atom stereocenters. The standard InChI is InChI=1S/C13H16N4O2/c1-15-5-2-6-16(8-7-15)13-4-3-12(17(18)19)9-11(13)10-14/h3-4,9H,2,5-8H2,1H3. The summed E-state index contributed by atoms with van der Waals surface area (Å²) in [6, 6.07) is 6.56. The second-order valence-corrected chi connectivity index (χ2v) is 4.71. The monoisotopic (exact) mass is 260 g/mol. The Morgan fingerprint density at radius 2 is 2.11 bits per heavy atom. The first kappa shape index (κ1) is 13.3. The van der Waals surface area contributed by atoms with Crippen LogP contribution in [0.15, 0.2) is 18.2 Å². The molecule has 0 spiro atoms. The lowest BCUT2D eigenvalue weighted by molar-refractivity contribution is -0.384. The molecule has 1 heterocycles. The highest BCUT2D eigenvalue weighted by molar-refractivity contribution is 5.63. The fourth-order valence-corrected chi connectivity index (χ4v) is 2.29. The summed E-state index contributed by atoms with van der Waals surface area (Å²) in [6.45, 7) is 3.67. The minimum absolute atomic E-state index is 0.0350. The molecular weight excluding hydrogens is 244 g/mol. The van der Waals surface area contributed by atoms with Gasteiger partial charge in [-0.25, -0.2) is 0 Å². The van der Waals surface area contributed by atoms with E-state index >= 15 is 0 Å². The number of nitro groups is 1. The third-order valence-electron chi connectivity index (χ3n) is 3.37. The van der Waals surface area contributed by atoms with E-state index in [2.05, 4.69) is 22.9 Å². The van der Waals surface area contributed by atoms with Crippen molar-refractivity contribution >= 4 is 11.4 Å². The van der Waals surface area contributed by atoms with Crippen LogP contribution in [0.1, 0.15) is 12.0 Å². The summed E-state index contributed by atoms with van der Waals surface area (Å²) >= 11 is 0. The normalized spacial score (nSPS) is 16.7. The van der Waals surface area contributed by atoms with Gasteiger partial charge in [0.05, 0.1) is 16.2 Å². The molecule has 100 valence electrons. The van der Waals surface area contributed by atoms with Crippen molar-refractivity contribution in [1.82, 2.24) is 4.90 Å². The minimum atomic E-state index is -0.471. The number of nitriles is 1. The van der Waals surface area contributed by atoms with E-state index in [0.29, 0.717) is 5.56 Å². The van der Waals surface area contributed by atoms with E-state index in [1.54, 1.807) is 6.07 Å². The van der Waals surface area contributed by atoms with Crippen molar-refractivity contribution in [3.05, 3.63) is 33.9 Å². The van der Waals surface area contributed by atoms with Crippen molar-refractivity contribution in [3.63, 3.8) is 0 Å². The third kappa shape index (κ3) is 3.01. The summed E-state index contributed by atoms with van der Waals surface area (Å²) in [6.07, 6.45) is 1.03. The Morgan fingerprint density at radius 1 is 1.32 bits per heavy atom. The van der Waals surface area contributed by atoms with E-state index in [0.717, 1.165) is 38.3 Å². The molecule has 1 aliphatic rings. The van der Waals surface area contributed by atoms with Gasteiger partial charge in [-0.05, 0) is 26.1 Å². The first-order valence-corrected chi connectivity index (χ1v) is 6.24. The van der Waals surface area contributed by atoms with Crippen molar-refractivity contribution < 1.29 is 4.92 Å². The van der Waals surface area contributed by atoms with E-state index in [9.17, 15) is 10.1 Å². The van der Waals surface area contributed by atoms with E-state index in [1.807, 2.05) is 0 Å². The number of non-ortho nitro benzene ring substituents is 1. The second-order valence-electron chi connectivity index (χ2n) is 4.71. The highest BCUT2D eigenvalue weighted by Crippen LogP contribution is 2.25. The van der Waals surface area contributed by atoms with Gasteiger partial charge in [-0.3, -0.25) is 10.1 Å². The Morgan fingerprint density at radius 3 is 2.79 bits per heavy atom. The molecule has 0 N–H and O–H groups in total. The molecule has 0 aromatic heterocycles. The van der Waals surface area contributed by atoms with Gasteiger partial charge < -0.3 is 9.80 Å². The lowest BCUT2D eigenvalue weighted by atomic mass is 10.1. The molecule has 0 bridgehead atoms. The first-order chi connectivity index (χ1) is 9.11. The molecule has 2 rings (SSSR count). The van der Waals surface area contributed by atoms with Gasteiger partial charge in [0, 0.05) is 31.8 Å². The summed E-state index contributed by atoms with van der Waals surface area (Å²) < 4.78 is 0. The average molecular weight is 260 g/mol. The van der Waals surface area contributed by atoms with E-state index in [1.165, 1.54) is 12.1 Å². The SMILES string of the molecule is CN1CCCN(c2ccc([N+](=O)[O-])cc2C#N)CC1. The molecule has 1 aromatic carbocycles. The predicted molar refractivity (Wildman–Crippen MR) is 72.1 cm³/mol. The molecule has 1 aromatic rings. The highest BCUT2D eigenvalue weighted by Gasteiger charge is 2.18. The van der Waals surface area contributed by atoms with E-state index in [4.69, 9.17) is 5.26 Å². The van der Waals surface area contributed by atoms with Gasteiger partial charge in [0.15, 0.2) is 0 Å². The van der Waals surface area contributed by atoms with Crippen LogP contribution in [-0.4, -0.2) is 43.0 Å². The largest absolute Gasteiger partial charge is 0.369 e. The zero-order chi connectivity index (χ0) is 13.8. The fourth-order valence-electron chi connectivity index (χ4n) is 2.29. The van der Waals surface area contributed by atoms with E-state index in [-0.39, 0.29) is 5.69 Å². The number of nitro benzene ring substituents is 1. The molecular formula is C13H16N4O2. The summed E-state index contributed by atoms with van der Waals surface area (Å²) in [5, 5.41) is 19.9. The molecule has 6 nitrogen and oxygen atoms in total. The number of benzene rings is 1. The Kier molecular flexibility index (Phi) is 3.97. The summed E-state index contributed by atoms with van der Waals surface area (Å²) in [4.78, 5) is 14.6. The van der Waals surface area contributed by atoms with Crippen molar-refractivity contribution in [1.29, 1.82) is 5.26 Å². The molecule has 1 aliphatic heterocycles. The van der Waals surface area contributed by atoms with Crippen LogP contribution in [0.3, 0.4) is 0 Å². The van der Waals surface area contributed by atoms with E-state index < -0.39 is 4.92 Å². The first-order valence-electron chi connectivity index (χ1n) is 6.24. The van der Waals surface area contributed by atoms with Gasteiger partial charge in [0.25, 0.3) is 5.69 Å². The molecule has 0 radical (unpaired) electrons. The average Bonchev–Trinajstić information content (AvgIpc) is 2.62. The summed E-state index contributed by atoms with van der Waals surface area (Å²) in [5.74, 6) is 0. The second kappa shape index (κ2) is 5.67. The molecule has 0 atom stereocenters. The lowest BCUT2D eigenvalue weighted by Gasteiger charge is -2.23. The maximum Gasteiger partial charge on any atom is 0.270 e. The minimum Gasteiger partial charge on any atom is -0.369 e. The van der Waals surface area contributed by atoms with Crippen molar-refractivity contribution in [2.75, 3.05) is 38.1 Å². The van der Waals surface area contributed by atoms with Crippen LogP contribution in [0.5, 0.6) is 0 Å². The van der Waals surface area contributed by atoms with Crippen LogP contribution >= 0.6 is 0 Å². The Bertz CT molecular complexity index is 524. The smallest absolute Gasteiger partial charge is 0.270 e. The van der Waals surface area contributed by atoms with Gasteiger partial charge >= 0.3 is 0 Å². The van der Waals surface area contributed by atoms with Gasteiger partial charge in [0.1, 0.15) is 6.07 Å². The quantitative estimate of drug-likeness (QED) is 0.596. The van der Waals surface area contributed by atoms with Crippen LogP contribution in [0.4, 0.5) is 11.4 Å². The van der Waals surface area contributed by atoms with Crippen LogP contribution < -0.4 is 4.90 Å². The van der Waals surface area contributed by atoms with Gasteiger partial charge in [-0.15, -0.1) is 0 Å². The predicted octanol–water partition coefficient (Wildman–Crippen LogP) is 1.61. The summed E-state index contributed by atoms with van der Waals surface area (Å²) in [7, 11) is 2.07. The third-order valence-corrected chi connectivity index (χ3v) is 3.37. The Labute approximate surface area is 112 Å². The zero-order valence-corrected chi connectivity index (χ0v) is 10.9. The number of hydrogen-bond donors (Lipinski definition) is 0. The van der Waals surface area contributed by atoms with Crippen molar-refractivity contribution in [2.45, 2.75) is 6.42 Å². The van der Waals surface area contributed by atoms with Crippen LogP contribution in [0.2, 0.25) is 0 Å². The van der Waals surface area contributed by atoms with Gasteiger partial charge in [-0.2, -0.15) is 5.26 Å². The maximum absolute atomic E-state index is 10.7. The lowest BCUT2D eigenvalue weighted by Crippen LogP contribution is -2.29. The molecule has 0 aliphatic carbocycles. The van der Waals surface area contributed by atoms with Gasteiger partial charge in [-0.1, -0.05) is 0 Å². The molecule has 19 heavy (non-hydrogen) atoms. The number of likely N-dealkylation sites (N-methyl/N-ethyl adjacent to an activating group) is 1. The number of hydrogen-bond acceptors (Lipinski definition) is 5. The molecule has 6 heteroatoms. The number of rotatable bonds is 2. The van der Waals surface area contributed by atoms with Crippen molar-refractivity contribution in [2.24, 2.45) is 0 Å². The van der Waals surface area contributed by atoms with Crippen LogP contribution in [-0.2, 0) is 0 Å². The molecule has 1 saturated heterocycles. The van der Waals surface area contributed by atoms with Crippen molar-refractivity contribution in [3.8, 4) is 6.07 Å².